The van der Waals surface area contributed by atoms with Gasteiger partial charge in [-0.15, -0.1) is 0 Å². The molecule has 0 spiro atoms. The minimum absolute atomic E-state index is 0.809. The van der Waals surface area contributed by atoms with E-state index in [2.05, 4.69) is 22.4 Å². The molecule has 0 saturated carbocycles. The van der Waals surface area contributed by atoms with Gasteiger partial charge >= 0.3 is 0 Å². The number of ether oxygens (including phenoxy) is 1. The molecule has 1 heterocycles. The first-order valence-electron chi connectivity index (χ1n) is 5.35. The van der Waals surface area contributed by atoms with Gasteiger partial charge in [0.05, 0.1) is 7.11 Å². The van der Waals surface area contributed by atoms with E-state index in [1.807, 2.05) is 30.5 Å². The molecule has 3 heteroatoms. The highest BCUT2D eigenvalue weighted by Gasteiger charge is 2.00. The van der Waals surface area contributed by atoms with Gasteiger partial charge in [-0.2, -0.15) is 0 Å². The smallest absolute Gasteiger partial charge is 0.123 e. The van der Waals surface area contributed by atoms with Crippen molar-refractivity contribution in [3.05, 3.63) is 53.9 Å². The minimum atomic E-state index is 0.809. The third-order valence-corrected chi connectivity index (χ3v) is 2.49. The maximum Gasteiger partial charge on any atom is 0.123 e. The average Bonchev–Trinajstić information content (AvgIpc) is 2.83. The monoisotopic (exact) mass is 216 g/mol. The van der Waals surface area contributed by atoms with E-state index in [-0.39, 0.29) is 0 Å². The zero-order valence-corrected chi connectivity index (χ0v) is 9.36. The molecule has 1 aromatic heterocycles. The van der Waals surface area contributed by atoms with Crippen molar-refractivity contribution in [2.75, 3.05) is 7.11 Å². The summed E-state index contributed by atoms with van der Waals surface area (Å²) < 4.78 is 5.29. The minimum Gasteiger partial charge on any atom is -0.496 e. The molecule has 84 valence electrons. The van der Waals surface area contributed by atoms with Crippen LogP contribution in [0.3, 0.4) is 0 Å². The first kappa shape index (κ1) is 10.8. The first-order chi connectivity index (χ1) is 7.90. The summed E-state index contributed by atoms with van der Waals surface area (Å²) in [6.07, 6.45) is 1.93. The number of rotatable bonds is 5. The molecule has 1 aromatic carbocycles. The normalized spacial score (nSPS) is 10.3. The Morgan fingerprint density at radius 3 is 2.75 bits per heavy atom. The molecular weight excluding hydrogens is 200 g/mol. The maximum absolute atomic E-state index is 5.29. The lowest BCUT2D eigenvalue weighted by Gasteiger charge is -2.08. The van der Waals surface area contributed by atoms with Crippen LogP contribution < -0.4 is 10.1 Å². The summed E-state index contributed by atoms with van der Waals surface area (Å²) in [5.74, 6) is 0.932. The zero-order chi connectivity index (χ0) is 11.2. The molecule has 0 atom stereocenters. The van der Waals surface area contributed by atoms with Crippen molar-refractivity contribution in [1.29, 1.82) is 0 Å². The fourth-order valence-electron chi connectivity index (χ4n) is 1.66. The van der Waals surface area contributed by atoms with Gasteiger partial charge < -0.3 is 15.0 Å². The third kappa shape index (κ3) is 2.64. The van der Waals surface area contributed by atoms with Gasteiger partial charge in [-0.3, -0.25) is 0 Å². The molecule has 2 rings (SSSR count). The van der Waals surface area contributed by atoms with E-state index in [0.29, 0.717) is 0 Å². The number of hydrogen-bond acceptors (Lipinski definition) is 2. The second-order valence-corrected chi connectivity index (χ2v) is 3.61. The molecule has 3 nitrogen and oxygen atoms in total. The van der Waals surface area contributed by atoms with Crippen LogP contribution in [0.5, 0.6) is 5.75 Å². The molecule has 16 heavy (non-hydrogen) atoms. The molecule has 0 aliphatic carbocycles. The molecule has 2 N–H and O–H groups in total. The Kier molecular flexibility index (Phi) is 3.62. The number of benzene rings is 1. The highest BCUT2D eigenvalue weighted by molar-refractivity contribution is 5.32. The van der Waals surface area contributed by atoms with Crippen molar-refractivity contribution in [2.45, 2.75) is 13.1 Å². The van der Waals surface area contributed by atoms with E-state index >= 15 is 0 Å². The summed E-state index contributed by atoms with van der Waals surface area (Å²) in [5.41, 5.74) is 2.37. The van der Waals surface area contributed by atoms with Crippen LogP contribution in [0, 0.1) is 0 Å². The predicted molar refractivity (Wildman–Crippen MR) is 64.3 cm³/mol. The number of methoxy groups -OCH3 is 1. The predicted octanol–water partition coefficient (Wildman–Crippen LogP) is 2.31. The quantitative estimate of drug-likeness (QED) is 0.804. The Morgan fingerprint density at radius 1 is 1.12 bits per heavy atom. The van der Waals surface area contributed by atoms with Crippen molar-refractivity contribution in [1.82, 2.24) is 10.3 Å². The maximum atomic E-state index is 5.29. The number of nitrogens with one attached hydrogen (secondary N) is 2. The Bertz CT molecular complexity index is 423. The van der Waals surface area contributed by atoms with E-state index in [0.717, 1.165) is 18.8 Å². The molecule has 0 fully saturated rings. The van der Waals surface area contributed by atoms with Crippen LogP contribution in [-0.2, 0) is 13.1 Å². The van der Waals surface area contributed by atoms with Crippen molar-refractivity contribution >= 4 is 0 Å². The van der Waals surface area contributed by atoms with E-state index in [1.54, 1.807) is 7.11 Å². The van der Waals surface area contributed by atoms with Crippen LogP contribution in [0.2, 0.25) is 0 Å². The second-order valence-electron chi connectivity index (χ2n) is 3.61. The Morgan fingerprint density at radius 2 is 2.00 bits per heavy atom. The lowest BCUT2D eigenvalue weighted by atomic mass is 10.2. The van der Waals surface area contributed by atoms with E-state index in [9.17, 15) is 0 Å². The highest BCUT2D eigenvalue weighted by atomic mass is 16.5. The zero-order valence-electron chi connectivity index (χ0n) is 9.36. The van der Waals surface area contributed by atoms with Crippen LogP contribution in [-0.4, -0.2) is 12.1 Å². The van der Waals surface area contributed by atoms with Crippen molar-refractivity contribution in [3.8, 4) is 5.75 Å². The molecule has 0 aliphatic heterocycles. The number of H-pyrrole nitrogens is 1. The Hall–Kier alpha value is -1.74. The summed E-state index contributed by atoms with van der Waals surface area (Å²) in [4.78, 5) is 3.16. The van der Waals surface area contributed by atoms with E-state index < -0.39 is 0 Å². The van der Waals surface area contributed by atoms with Gasteiger partial charge in [0.25, 0.3) is 0 Å². The molecule has 2 aromatic rings. The van der Waals surface area contributed by atoms with Crippen LogP contribution in [0.1, 0.15) is 11.3 Å². The summed E-state index contributed by atoms with van der Waals surface area (Å²) in [6, 6.07) is 12.1. The Labute approximate surface area is 95.5 Å². The summed E-state index contributed by atoms with van der Waals surface area (Å²) in [6.45, 7) is 1.65. The standard InChI is InChI=1S/C13H16N2O/c1-16-13-7-3-2-5-11(13)9-14-10-12-6-4-8-15-12/h2-8,14-15H,9-10H2,1H3. The second kappa shape index (κ2) is 5.37. The van der Waals surface area contributed by atoms with Gasteiger partial charge in [0.2, 0.25) is 0 Å². The van der Waals surface area contributed by atoms with Crippen LogP contribution in [0.15, 0.2) is 42.6 Å². The van der Waals surface area contributed by atoms with Crippen molar-refractivity contribution in [3.63, 3.8) is 0 Å². The third-order valence-electron chi connectivity index (χ3n) is 2.49. The van der Waals surface area contributed by atoms with Gasteiger partial charge in [-0.05, 0) is 18.2 Å². The largest absolute Gasteiger partial charge is 0.496 e. The number of aromatic amines is 1. The van der Waals surface area contributed by atoms with Gasteiger partial charge in [-0.25, -0.2) is 0 Å². The van der Waals surface area contributed by atoms with Crippen molar-refractivity contribution < 1.29 is 4.74 Å². The molecular formula is C13H16N2O. The molecule has 0 radical (unpaired) electrons. The molecule has 0 saturated heterocycles. The number of para-hydroxylation sites is 1. The van der Waals surface area contributed by atoms with Gasteiger partial charge in [0, 0.05) is 30.5 Å². The van der Waals surface area contributed by atoms with Gasteiger partial charge in [0.1, 0.15) is 5.75 Å². The van der Waals surface area contributed by atoms with Gasteiger partial charge in [-0.1, -0.05) is 18.2 Å². The molecule has 0 amide bonds. The molecule has 0 bridgehead atoms. The van der Waals surface area contributed by atoms with Gasteiger partial charge in [0.15, 0.2) is 0 Å². The van der Waals surface area contributed by atoms with Crippen LogP contribution in [0.4, 0.5) is 0 Å². The lowest BCUT2D eigenvalue weighted by Crippen LogP contribution is -2.13. The number of aromatic nitrogens is 1. The molecule has 0 aliphatic rings. The summed E-state index contributed by atoms with van der Waals surface area (Å²) >= 11 is 0. The van der Waals surface area contributed by atoms with E-state index in [4.69, 9.17) is 4.74 Å². The fourth-order valence-corrected chi connectivity index (χ4v) is 1.66. The Balaban J connectivity index is 1.89. The van der Waals surface area contributed by atoms with Crippen LogP contribution >= 0.6 is 0 Å². The highest BCUT2D eigenvalue weighted by Crippen LogP contribution is 2.16. The summed E-state index contributed by atoms with van der Waals surface area (Å²) in [7, 11) is 1.70. The average molecular weight is 216 g/mol. The summed E-state index contributed by atoms with van der Waals surface area (Å²) in [5, 5.41) is 3.37. The first-order valence-corrected chi connectivity index (χ1v) is 5.35. The topological polar surface area (TPSA) is 37.0 Å². The molecule has 0 unspecified atom stereocenters. The number of hydrogen-bond donors (Lipinski definition) is 2. The van der Waals surface area contributed by atoms with Crippen LogP contribution in [0.25, 0.3) is 0 Å². The van der Waals surface area contributed by atoms with E-state index in [1.165, 1.54) is 11.3 Å². The van der Waals surface area contributed by atoms with Crippen molar-refractivity contribution in [2.24, 2.45) is 0 Å². The fraction of sp³-hybridized carbons (Fsp3) is 0.231. The SMILES string of the molecule is COc1ccccc1CNCc1ccc[nH]1. The lowest BCUT2D eigenvalue weighted by molar-refractivity contribution is 0.407.